The van der Waals surface area contributed by atoms with Gasteiger partial charge < -0.3 is 10.0 Å². The SMILES string of the molecule is CC1(C)CC(O)CCN1c1ccc(Cl)cc1. The van der Waals surface area contributed by atoms with Crippen molar-refractivity contribution in [3.63, 3.8) is 0 Å². The molecule has 0 amide bonds. The topological polar surface area (TPSA) is 23.5 Å². The number of anilines is 1. The molecule has 0 bridgehead atoms. The molecule has 1 fully saturated rings. The van der Waals surface area contributed by atoms with Gasteiger partial charge in [0.05, 0.1) is 6.10 Å². The Morgan fingerprint density at radius 3 is 2.50 bits per heavy atom. The highest BCUT2D eigenvalue weighted by molar-refractivity contribution is 6.30. The van der Waals surface area contributed by atoms with Crippen LogP contribution < -0.4 is 4.90 Å². The lowest BCUT2D eigenvalue weighted by Crippen LogP contribution is -2.51. The van der Waals surface area contributed by atoms with Crippen LogP contribution in [0, 0.1) is 0 Å². The molecule has 1 N–H and O–H groups in total. The number of aliphatic hydroxyl groups is 1. The summed E-state index contributed by atoms with van der Waals surface area (Å²) in [4.78, 5) is 2.34. The van der Waals surface area contributed by atoms with Gasteiger partial charge in [0.15, 0.2) is 0 Å². The van der Waals surface area contributed by atoms with E-state index in [0.717, 1.165) is 24.4 Å². The predicted octanol–water partition coefficient (Wildman–Crippen LogP) is 3.08. The molecule has 0 aliphatic carbocycles. The minimum Gasteiger partial charge on any atom is -0.393 e. The maximum atomic E-state index is 9.71. The highest BCUT2D eigenvalue weighted by atomic mass is 35.5. The van der Waals surface area contributed by atoms with Crippen molar-refractivity contribution in [3.05, 3.63) is 29.3 Å². The van der Waals surface area contributed by atoms with Gasteiger partial charge in [-0.3, -0.25) is 0 Å². The molecular weight excluding hydrogens is 222 g/mol. The zero-order valence-corrected chi connectivity index (χ0v) is 10.5. The fourth-order valence-electron chi connectivity index (χ4n) is 2.47. The molecule has 0 saturated carbocycles. The molecular formula is C13H18ClNO. The van der Waals surface area contributed by atoms with Gasteiger partial charge in [-0.25, -0.2) is 0 Å². The summed E-state index contributed by atoms with van der Waals surface area (Å²) in [6.07, 6.45) is 1.49. The van der Waals surface area contributed by atoms with E-state index in [2.05, 4.69) is 18.7 Å². The first-order valence-electron chi connectivity index (χ1n) is 5.70. The molecule has 0 aromatic heterocycles. The van der Waals surface area contributed by atoms with Gasteiger partial charge in [0.2, 0.25) is 0 Å². The van der Waals surface area contributed by atoms with Gasteiger partial charge >= 0.3 is 0 Å². The van der Waals surface area contributed by atoms with Crippen molar-refractivity contribution in [3.8, 4) is 0 Å². The third-order valence-electron chi connectivity index (χ3n) is 3.29. The van der Waals surface area contributed by atoms with Crippen molar-refractivity contribution >= 4 is 17.3 Å². The van der Waals surface area contributed by atoms with E-state index < -0.39 is 0 Å². The predicted molar refractivity (Wildman–Crippen MR) is 68.1 cm³/mol. The number of hydrogen-bond acceptors (Lipinski definition) is 2. The highest BCUT2D eigenvalue weighted by Gasteiger charge is 2.33. The van der Waals surface area contributed by atoms with Crippen LogP contribution in [0.15, 0.2) is 24.3 Å². The van der Waals surface area contributed by atoms with E-state index >= 15 is 0 Å². The Hall–Kier alpha value is -0.730. The second-order valence-corrected chi connectivity index (χ2v) is 5.52. The molecule has 1 aliphatic heterocycles. The van der Waals surface area contributed by atoms with Crippen LogP contribution in [-0.4, -0.2) is 23.3 Å². The fraction of sp³-hybridized carbons (Fsp3) is 0.538. The molecule has 3 heteroatoms. The van der Waals surface area contributed by atoms with E-state index in [9.17, 15) is 5.11 Å². The number of hydrogen-bond donors (Lipinski definition) is 1. The molecule has 1 aliphatic rings. The summed E-state index contributed by atoms with van der Waals surface area (Å²) in [5.41, 5.74) is 1.19. The Bertz CT molecular complexity index is 361. The summed E-state index contributed by atoms with van der Waals surface area (Å²) in [5.74, 6) is 0. The molecule has 1 atom stereocenters. The van der Waals surface area contributed by atoms with Gasteiger partial charge in [-0.15, -0.1) is 0 Å². The van der Waals surface area contributed by atoms with E-state index in [-0.39, 0.29) is 11.6 Å². The molecule has 0 radical (unpaired) electrons. The third-order valence-corrected chi connectivity index (χ3v) is 3.54. The maximum Gasteiger partial charge on any atom is 0.0579 e. The molecule has 1 aromatic carbocycles. The Labute approximate surface area is 102 Å². The number of rotatable bonds is 1. The summed E-state index contributed by atoms with van der Waals surface area (Å²) >= 11 is 5.89. The Kier molecular flexibility index (Phi) is 3.13. The van der Waals surface area contributed by atoms with E-state index in [4.69, 9.17) is 11.6 Å². The summed E-state index contributed by atoms with van der Waals surface area (Å²) in [7, 11) is 0. The fourth-order valence-corrected chi connectivity index (χ4v) is 2.60. The number of nitrogens with zero attached hydrogens (tertiary/aromatic N) is 1. The second kappa shape index (κ2) is 4.27. The van der Waals surface area contributed by atoms with Crippen LogP contribution >= 0.6 is 11.6 Å². The molecule has 1 heterocycles. The lowest BCUT2D eigenvalue weighted by molar-refractivity contribution is 0.107. The highest BCUT2D eigenvalue weighted by Crippen LogP contribution is 2.33. The number of benzene rings is 1. The van der Waals surface area contributed by atoms with Crippen molar-refractivity contribution < 1.29 is 5.11 Å². The first-order chi connectivity index (χ1) is 7.49. The van der Waals surface area contributed by atoms with Crippen LogP contribution in [0.2, 0.25) is 5.02 Å². The number of halogens is 1. The molecule has 1 saturated heterocycles. The van der Waals surface area contributed by atoms with Crippen molar-refractivity contribution in [2.75, 3.05) is 11.4 Å². The van der Waals surface area contributed by atoms with Gasteiger partial charge in [-0.2, -0.15) is 0 Å². The molecule has 0 spiro atoms. The van der Waals surface area contributed by atoms with Crippen LogP contribution in [-0.2, 0) is 0 Å². The molecule has 16 heavy (non-hydrogen) atoms. The van der Waals surface area contributed by atoms with Crippen molar-refractivity contribution in [2.24, 2.45) is 0 Å². The Morgan fingerprint density at radius 1 is 1.31 bits per heavy atom. The zero-order valence-electron chi connectivity index (χ0n) is 9.78. The van der Waals surface area contributed by atoms with Crippen LogP contribution in [0.4, 0.5) is 5.69 Å². The average molecular weight is 240 g/mol. The van der Waals surface area contributed by atoms with Crippen LogP contribution in [0.5, 0.6) is 0 Å². The molecule has 1 unspecified atom stereocenters. The second-order valence-electron chi connectivity index (χ2n) is 5.09. The number of piperidine rings is 1. The zero-order chi connectivity index (χ0) is 11.8. The van der Waals surface area contributed by atoms with Crippen LogP contribution in [0.1, 0.15) is 26.7 Å². The quantitative estimate of drug-likeness (QED) is 0.814. The summed E-state index contributed by atoms with van der Waals surface area (Å²) < 4.78 is 0. The lowest BCUT2D eigenvalue weighted by atomic mass is 9.88. The van der Waals surface area contributed by atoms with Crippen molar-refractivity contribution in [2.45, 2.75) is 38.3 Å². The molecule has 2 nitrogen and oxygen atoms in total. The van der Waals surface area contributed by atoms with Gasteiger partial charge in [0, 0.05) is 22.8 Å². The Morgan fingerprint density at radius 2 is 1.94 bits per heavy atom. The minimum atomic E-state index is -0.168. The molecule has 88 valence electrons. The molecule has 1 aromatic rings. The summed E-state index contributed by atoms with van der Waals surface area (Å²) in [6.45, 7) is 5.24. The van der Waals surface area contributed by atoms with Crippen molar-refractivity contribution in [1.82, 2.24) is 0 Å². The standard InChI is InChI=1S/C13H18ClNO/c1-13(2)9-12(16)7-8-15(13)11-5-3-10(14)4-6-11/h3-6,12,16H,7-9H2,1-2H3. The van der Waals surface area contributed by atoms with Crippen LogP contribution in [0.3, 0.4) is 0 Å². The first kappa shape index (κ1) is 11.7. The maximum absolute atomic E-state index is 9.71. The number of aliphatic hydroxyl groups excluding tert-OH is 1. The monoisotopic (exact) mass is 239 g/mol. The normalized spacial score (nSPS) is 24.5. The average Bonchev–Trinajstić information content (AvgIpc) is 2.18. The lowest BCUT2D eigenvalue weighted by Gasteiger charge is -2.46. The summed E-state index contributed by atoms with van der Waals surface area (Å²) in [6, 6.07) is 7.92. The first-order valence-corrected chi connectivity index (χ1v) is 6.08. The van der Waals surface area contributed by atoms with Gasteiger partial charge in [-0.05, 0) is 51.0 Å². The Balaban J connectivity index is 2.23. The van der Waals surface area contributed by atoms with E-state index in [1.807, 2.05) is 24.3 Å². The largest absolute Gasteiger partial charge is 0.393 e. The van der Waals surface area contributed by atoms with Crippen LogP contribution in [0.25, 0.3) is 0 Å². The van der Waals surface area contributed by atoms with Crippen molar-refractivity contribution in [1.29, 1.82) is 0 Å². The van der Waals surface area contributed by atoms with E-state index in [1.54, 1.807) is 0 Å². The minimum absolute atomic E-state index is 0.00545. The van der Waals surface area contributed by atoms with Gasteiger partial charge in [0.25, 0.3) is 0 Å². The van der Waals surface area contributed by atoms with E-state index in [1.165, 1.54) is 5.69 Å². The third kappa shape index (κ3) is 2.33. The summed E-state index contributed by atoms with van der Waals surface area (Å²) in [5, 5.41) is 10.5. The van der Waals surface area contributed by atoms with Gasteiger partial charge in [-0.1, -0.05) is 11.6 Å². The van der Waals surface area contributed by atoms with E-state index in [0.29, 0.717) is 0 Å². The van der Waals surface area contributed by atoms with Gasteiger partial charge in [0.1, 0.15) is 0 Å². The smallest absolute Gasteiger partial charge is 0.0579 e. The molecule has 2 rings (SSSR count).